The normalized spacial score (nSPS) is 18.5. The lowest BCUT2D eigenvalue weighted by atomic mass is 9.98. The molecule has 2 N–H and O–H groups in total. The number of rotatable bonds is 11. The maximum atomic E-state index is 11.3. The van der Waals surface area contributed by atoms with Gasteiger partial charge >= 0.3 is 5.97 Å². The third-order valence-electron chi connectivity index (χ3n) is 3.14. The van der Waals surface area contributed by atoms with Crippen LogP contribution in [0.3, 0.4) is 0 Å². The van der Waals surface area contributed by atoms with E-state index >= 15 is 0 Å². The number of ether oxygens (including phenoxy) is 2. The molecule has 0 aromatic rings. The summed E-state index contributed by atoms with van der Waals surface area (Å²) in [6.45, 7) is 8.19. The largest absolute Gasteiger partial charge is 0.480 e. The minimum absolute atomic E-state index is 0.371. The third-order valence-corrected chi connectivity index (χ3v) is 3.14. The van der Waals surface area contributed by atoms with Gasteiger partial charge in [0.2, 0.25) is 0 Å². The van der Waals surface area contributed by atoms with E-state index < -0.39 is 11.5 Å². The van der Waals surface area contributed by atoms with E-state index in [1.165, 1.54) is 0 Å². The Hall–Kier alpha value is -0.650. The van der Waals surface area contributed by atoms with E-state index in [-0.39, 0.29) is 0 Å². The molecular weight excluding hydrogens is 246 g/mol. The van der Waals surface area contributed by atoms with Crippen LogP contribution in [0.1, 0.15) is 40.0 Å². The Labute approximate surface area is 115 Å². The van der Waals surface area contributed by atoms with Gasteiger partial charge in [-0.1, -0.05) is 13.8 Å². The first kappa shape index (κ1) is 16.4. The number of hydrogen-bond donors (Lipinski definition) is 2. The Morgan fingerprint density at radius 3 is 2.47 bits per heavy atom. The van der Waals surface area contributed by atoms with Gasteiger partial charge < -0.3 is 14.6 Å². The van der Waals surface area contributed by atoms with E-state index in [2.05, 4.69) is 19.2 Å². The topological polar surface area (TPSA) is 67.8 Å². The van der Waals surface area contributed by atoms with E-state index in [0.29, 0.717) is 38.2 Å². The van der Waals surface area contributed by atoms with Gasteiger partial charge in [0.25, 0.3) is 0 Å². The fourth-order valence-corrected chi connectivity index (χ4v) is 1.73. The molecule has 19 heavy (non-hydrogen) atoms. The molecule has 0 bridgehead atoms. The Balaban J connectivity index is 2.09. The molecule has 0 heterocycles. The summed E-state index contributed by atoms with van der Waals surface area (Å²) in [7, 11) is 0. The van der Waals surface area contributed by atoms with Gasteiger partial charge in [-0.15, -0.1) is 0 Å². The van der Waals surface area contributed by atoms with Crippen molar-refractivity contribution in [2.24, 2.45) is 5.92 Å². The van der Waals surface area contributed by atoms with Gasteiger partial charge in [-0.2, -0.15) is 0 Å². The summed E-state index contributed by atoms with van der Waals surface area (Å²) in [5, 5.41) is 12.4. The van der Waals surface area contributed by atoms with Gasteiger partial charge in [0, 0.05) is 19.3 Å². The predicted octanol–water partition coefficient (Wildman–Crippen LogP) is 1.66. The average molecular weight is 273 g/mol. The van der Waals surface area contributed by atoms with Gasteiger partial charge in [0.15, 0.2) is 0 Å². The second-order valence-corrected chi connectivity index (χ2v) is 5.89. The van der Waals surface area contributed by atoms with Gasteiger partial charge in [0.1, 0.15) is 5.54 Å². The molecular formula is C14H27NO4. The lowest BCUT2D eigenvalue weighted by Gasteiger charge is -2.26. The SMILES string of the molecule is CC(C)COCCOCCC(C)(NC1CC1)C(=O)O. The molecule has 1 aliphatic carbocycles. The molecule has 0 aliphatic heterocycles. The highest BCUT2D eigenvalue weighted by Gasteiger charge is 2.38. The molecule has 1 unspecified atom stereocenters. The quantitative estimate of drug-likeness (QED) is 0.560. The molecule has 112 valence electrons. The molecule has 0 aromatic carbocycles. The Morgan fingerprint density at radius 1 is 1.32 bits per heavy atom. The lowest BCUT2D eigenvalue weighted by Crippen LogP contribution is -2.51. The van der Waals surface area contributed by atoms with Crippen LogP contribution in [0.4, 0.5) is 0 Å². The number of hydrogen-bond acceptors (Lipinski definition) is 4. The van der Waals surface area contributed by atoms with Gasteiger partial charge in [-0.25, -0.2) is 0 Å². The summed E-state index contributed by atoms with van der Waals surface area (Å²) in [6, 6.07) is 0.371. The summed E-state index contributed by atoms with van der Waals surface area (Å²) in [6.07, 6.45) is 2.63. The number of carbonyl (C=O) groups is 1. The van der Waals surface area contributed by atoms with Crippen LogP contribution in [0.5, 0.6) is 0 Å². The molecule has 0 saturated heterocycles. The predicted molar refractivity (Wildman–Crippen MR) is 73.3 cm³/mol. The molecule has 1 rings (SSSR count). The van der Waals surface area contributed by atoms with Crippen molar-refractivity contribution >= 4 is 5.97 Å². The second-order valence-electron chi connectivity index (χ2n) is 5.89. The number of carboxylic acids is 1. The summed E-state index contributed by atoms with van der Waals surface area (Å²) in [5.74, 6) is -0.280. The van der Waals surface area contributed by atoms with Crippen molar-refractivity contribution in [3.8, 4) is 0 Å². The van der Waals surface area contributed by atoms with E-state index in [1.807, 2.05) is 0 Å². The van der Waals surface area contributed by atoms with Gasteiger partial charge in [0.05, 0.1) is 13.2 Å². The molecule has 1 aliphatic rings. The van der Waals surface area contributed by atoms with Crippen LogP contribution >= 0.6 is 0 Å². The summed E-state index contributed by atoms with van der Waals surface area (Å²) < 4.78 is 10.8. The zero-order valence-corrected chi connectivity index (χ0v) is 12.3. The number of nitrogens with one attached hydrogen (secondary N) is 1. The standard InChI is InChI=1S/C14H27NO4/c1-11(2)10-19-9-8-18-7-6-14(3,13(16)17)15-12-4-5-12/h11-12,15H,4-10H2,1-3H3,(H,16,17). The highest BCUT2D eigenvalue weighted by molar-refractivity contribution is 5.78. The van der Waals surface area contributed by atoms with Crippen LogP contribution in [-0.2, 0) is 14.3 Å². The molecule has 1 saturated carbocycles. The third kappa shape index (κ3) is 6.89. The van der Waals surface area contributed by atoms with E-state index in [1.54, 1.807) is 6.92 Å². The molecule has 1 atom stereocenters. The van der Waals surface area contributed by atoms with Crippen LogP contribution in [0, 0.1) is 5.92 Å². The summed E-state index contributed by atoms with van der Waals surface area (Å²) in [4.78, 5) is 11.3. The number of aliphatic carboxylic acids is 1. The molecule has 0 spiro atoms. The van der Waals surface area contributed by atoms with Crippen molar-refractivity contribution in [3.05, 3.63) is 0 Å². The zero-order valence-electron chi connectivity index (χ0n) is 12.3. The Bertz CT molecular complexity index is 279. The van der Waals surface area contributed by atoms with E-state index in [4.69, 9.17) is 9.47 Å². The first-order valence-corrected chi connectivity index (χ1v) is 7.10. The first-order chi connectivity index (χ1) is 8.94. The van der Waals surface area contributed by atoms with Gasteiger partial charge in [-0.05, 0) is 32.1 Å². The number of carboxylic acid groups (broad SMARTS) is 1. The maximum absolute atomic E-state index is 11.3. The monoisotopic (exact) mass is 273 g/mol. The van der Waals surface area contributed by atoms with Crippen molar-refractivity contribution in [3.63, 3.8) is 0 Å². The molecule has 5 nitrogen and oxygen atoms in total. The van der Waals surface area contributed by atoms with Crippen molar-refractivity contribution in [1.82, 2.24) is 5.32 Å². The Kier molecular flexibility index (Phi) is 6.75. The zero-order chi connectivity index (χ0) is 14.3. The van der Waals surface area contributed by atoms with Crippen LogP contribution in [0.2, 0.25) is 0 Å². The van der Waals surface area contributed by atoms with Crippen molar-refractivity contribution < 1.29 is 19.4 Å². The highest BCUT2D eigenvalue weighted by atomic mass is 16.5. The first-order valence-electron chi connectivity index (χ1n) is 7.10. The minimum atomic E-state index is -0.875. The fraction of sp³-hybridized carbons (Fsp3) is 0.929. The summed E-state index contributed by atoms with van der Waals surface area (Å²) >= 11 is 0. The second kappa shape index (κ2) is 7.82. The van der Waals surface area contributed by atoms with Crippen LogP contribution in [0.15, 0.2) is 0 Å². The van der Waals surface area contributed by atoms with Crippen LogP contribution in [0.25, 0.3) is 0 Å². The Morgan fingerprint density at radius 2 is 1.95 bits per heavy atom. The van der Waals surface area contributed by atoms with Crippen molar-refractivity contribution in [2.45, 2.75) is 51.6 Å². The fourth-order valence-electron chi connectivity index (χ4n) is 1.73. The van der Waals surface area contributed by atoms with E-state index in [0.717, 1.165) is 19.4 Å². The molecule has 0 radical (unpaired) electrons. The minimum Gasteiger partial charge on any atom is -0.480 e. The maximum Gasteiger partial charge on any atom is 0.323 e. The average Bonchev–Trinajstić information content (AvgIpc) is 3.11. The summed E-state index contributed by atoms with van der Waals surface area (Å²) in [5.41, 5.74) is -0.875. The highest BCUT2D eigenvalue weighted by Crippen LogP contribution is 2.24. The lowest BCUT2D eigenvalue weighted by molar-refractivity contribution is -0.145. The van der Waals surface area contributed by atoms with Crippen molar-refractivity contribution in [1.29, 1.82) is 0 Å². The molecule has 5 heteroatoms. The van der Waals surface area contributed by atoms with Crippen molar-refractivity contribution in [2.75, 3.05) is 26.4 Å². The van der Waals surface area contributed by atoms with Gasteiger partial charge in [-0.3, -0.25) is 10.1 Å². The molecule has 1 fully saturated rings. The van der Waals surface area contributed by atoms with Crippen LogP contribution in [-0.4, -0.2) is 49.1 Å². The smallest absolute Gasteiger partial charge is 0.323 e. The van der Waals surface area contributed by atoms with E-state index in [9.17, 15) is 9.90 Å². The molecule has 0 aromatic heterocycles. The van der Waals surface area contributed by atoms with Crippen LogP contribution < -0.4 is 5.32 Å². The molecule has 0 amide bonds.